The first-order valence-corrected chi connectivity index (χ1v) is 15.6. The predicted molar refractivity (Wildman–Crippen MR) is 207 cm³/mol. The van der Waals surface area contributed by atoms with Crippen LogP contribution in [0.3, 0.4) is 0 Å². The average molecular weight is 625 g/mol. The second-order valence-corrected chi connectivity index (χ2v) is 11.6. The van der Waals surface area contributed by atoms with E-state index < -0.39 is 101 Å². The molecule has 0 aliphatic carbocycles. The highest BCUT2D eigenvalue weighted by atomic mass is 15.1. The summed E-state index contributed by atoms with van der Waals surface area (Å²) in [5.41, 5.74) is -0.0368. The summed E-state index contributed by atoms with van der Waals surface area (Å²) in [6.45, 7) is 2.01. The van der Waals surface area contributed by atoms with Gasteiger partial charge < -0.3 is 4.90 Å². The van der Waals surface area contributed by atoms with E-state index in [9.17, 15) is 5.48 Å². The molecule has 0 aromatic heterocycles. The van der Waals surface area contributed by atoms with Crippen LogP contribution < -0.4 is 4.90 Å². The van der Waals surface area contributed by atoms with Gasteiger partial charge in [-0.1, -0.05) is 157 Å². The summed E-state index contributed by atoms with van der Waals surface area (Å²) in [5, 5.41) is 7.14. The van der Waals surface area contributed by atoms with Gasteiger partial charge in [-0.15, -0.1) is 0 Å². The standard InChI is InChI=1S/C47H33N/c1-32-12-11-21-44-46(31-38-16-6-8-18-41(38)47(32)44)48(45-30-37-15-5-7-17-40(37)42-19-9-10-20-43(42)45)39-28-26-36(27-29-39)35-24-22-34(23-25-35)33-13-3-2-4-14-33/h2-31H,1H3/i2D,3D,4D,13D,14D,22D,23D,24D,25D,26D,27D,28D,29D. The van der Waals surface area contributed by atoms with Gasteiger partial charge in [-0.2, -0.15) is 0 Å². The van der Waals surface area contributed by atoms with E-state index >= 15 is 0 Å². The molecule has 0 bridgehead atoms. The molecule has 48 heavy (non-hydrogen) atoms. The zero-order valence-corrected chi connectivity index (χ0v) is 25.8. The Bertz CT molecular complexity index is 3290. The van der Waals surface area contributed by atoms with Gasteiger partial charge in [0.1, 0.15) is 0 Å². The van der Waals surface area contributed by atoms with E-state index in [1.54, 1.807) is 4.90 Å². The van der Waals surface area contributed by atoms with Crippen LogP contribution in [0.5, 0.6) is 0 Å². The van der Waals surface area contributed by atoms with E-state index in [1.807, 2.05) is 110 Å². The summed E-state index contributed by atoms with van der Waals surface area (Å²) >= 11 is 0. The lowest BCUT2D eigenvalue weighted by molar-refractivity contribution is 1.32. The molecule has 0 spiro atoms. The third-order valence-corrected chi connectivity index (χ3v) is 8.76. The molecule has 0 radical (unpaired) electrons. The van der Waals surface area contributed by atoms with Crippen LogP contribution >= 0.6 is 0 Å². The molecule has 0 N–H and O–H groups in total. The third-order valence-electron chi connectivity index (χ3n) is 8.76. The highest BCUT2D eigenvalue weighted by molar-refractivity contribution is 6.19. The molecule has 0 saturated heterocycles. The molecule has 0 heterocycles. The summed E-state index contributed by atoms with van der Waals surface area (Å²) < 4.78 is 116. The second-order valence-electron chi connectivity index (χ2n) is 11.6. The first-order valence-electron chi connectivity index (χ1n) is 22.1. The monoisotopic (exact) mass is 624 g/mol. The third kappa shape index (κ3) is 4.71. The van der Waals surface area contributed by atoms with Crippen molar-refractivity contribution in [3.8, 4) is 22.3 Å². The zero-order chi connectivity index (χ0) is 43.3. The highest BCUT2D eigenvalue weighted by Crippen LogP contribution is 2.46. The van der Waals surface area contributed by atoms with E-state index in [4.69, 9.17) is 12.3 Å². The lowest BCUT2D eigenvalue weighted by Gasteiger charge is -2.29. The fourth-order valence-corrected chi connectivity index (χ4v) is 6.57. The Morgan fingerprint density at radius 2 is 0.896 bits per heavy atom. The summed E-state index contributed by atoms with van der Waals surface area (Å²) in [5.74, 6) is 0. The van der Waals surface area contributed by atoms with Crippen molar-refractivity contribution in [3.05, 3.63) is 187 Å². The average Bonchev–Trinajstić information content (AvgIpc) is 3.27. The van der Waals surface area contributed by atoms with Crippen LogP contribution in [0.15, 0.2) is 182 Å². The number of benzene rings is 9. The Kier molecular flexibility index (Phi) is 4.25. The van der Waals surface area contributed by atoms with E-state index in [0.717, 1.165) is 48.7 Å². The summed E-state index contributed by atoms with van der Waals surface area (Å²) in [7, 11) is 0. The summed E-state index contributed by atoms with van der Waals surface area (Å²) in [6.07, 6.45) is 0. The van der Waals surface area contributed by atoms with Gasteiger partial charge in [0.05, 0.1) is 29.2 Å². The highest BCUT2D eigenvalue weighted by Gasteiger charge is 2.21. The fraction of sp³-hybridized carbons (Fsp3) is 0.0213. The maximum absolute atomic E-state index is 9.73. The van der Waals surface area contributed by atoms with Crippen LogP contribution in [-0.4, -0.2) is 0 Å². The first kappa shape index (κ1) is 17.7. The van der Waals surface area contributed by atoms with Gasteiger partial charge in [0.15, 0.2) is 0 Å². The molecule has 9 aromatic rings. The van der Waals surface area contributed by atoms with Crippen molar-refractivity contribution >= 4 is 60.2 Å². The Hall–Kier alpha value is -6.18. The smallest absolute Gasteiger partial charge is 0.0645 e. The van der Waals surface area contributed by atoms with Gasteiger partial charge in [0.25, 0.3) is 0 Å². The van der Waals surface area contributed by atoms with Crippen LogP contribution in [0.2, 0.25) is 0 Å². The Balaban J connectivity index is 1.38. The normalized spacial score (nSPS) is 15.2. The SMILES string of the molecule is [2H]c1c([2H])c([2H])c(-c2c([2H])c([2H])c(-c3c([2H])c([2H])c(N(c4cc5ccccc5c5ccccc45)c4cc5ccccc5c5c(C)cccc45)c([2H])c3[2H])c([2H])c2[2H])c([2H])c1[2H]. The quantitative estimate of drug-likeness (QED) is 0.172. The van der Waals surface area contributed by atoms with Crippen LogP contribution in [-0.2, 0) is 0 Å². The Morgan fingerprint density at radius 1 is 0.417 bits per heavy atom. The molecular weight excluding hydrogens is 579 g/mol. The summed E-state index contributed by atoms with van der Waals surface area (Å²) in [6, 6.07) is 24.5. The van der Waals surface area contributed by atoms with E-state index in [2.05, 4.69) is 0 Å². The molecule has 226 valence electrons. The van der Waals surface area contributed by atoms with E-state index in [-0.39, 0.29) is 5.69 Å². The Labute approximate surface area is 299 Å². The zero-order valence-electron chi connectivity index (χ0n) is 38.8. The van der Waals surface area contributed by atoms with Gasteiger partial charge in [-0.25, -0.2) is 0 Å². The second kappa shape index (κ2) is 11.6. The minimum atomic E-state index is -0.766. The van der Waals surface area contributed by atoms with Crippen LogP contribution in [0.1, 0.15) is 23.4 Å². The number of aryl methyl sites for hydroxylation is 1. The van der Waals surface area contributed by atoms with Gasteiger partial charge in [0, 0.05) is 16.5 Å². The largest absolute Gasteiger partial charge is 0.309 e. The molecule has 1 nitrogen and oxygen atoms in total. The van der Waals surface area contributed by atoms with Crippen molar-refractivity contribution in [2.45, 2.75) is 6.92 Å². The molecule has 0 aliphatic rings. The van der Waals surface area contributed by atoms with Crippen molar-refractivity contribution in [2.75, 3.05) is 4.90 Å². The molecule has 9 rings (SSSR count). The molecule has 0 unspecified atom stereocenters. The van der Waals surface area contributed by atoms with Gasteiger partial charge in [-0.3, -0.25) is 0 Å². The molecular formula is C47H33N. The number of fused-ring (bicyclic) bond motifs is 6. The van der Waals surface area contributed by atoms with Gasteiger partial charge in [-0.05, 0) is 91.3 Å². The maximum atomic E-state index is 9.73. The molecule has 0 aliphatic heterocycles. The Morgan fingerprint density at radius 3 is 1.56 bits per heavy atom. The molecule has 0 saturated carbocycles. The first-order chi connectivity index (χ1) is 29.1. The number of hydrogen-bond acceptors (Lipinski definition) is 1. The summed E-state index contributed by atoms with van der Waals surface area (Å²) in [4.78, 5) is 1.75. The molecule has 1 heteroatoms. The van der Waals surface area contributed by atoms with E-state index in [0.29, 0.717) is 11.4 Å². The van der Waals surface area contributed by atoms with Crippen LogP contribution in [0.25, 0.3) is 65.3 Å². The van der Waals surface area contributed by atoms with Gasteiger partial charge in [0.2, 0.25) is 0 Å². The van der Waals surface area contributed by atoms with Crippen LogP contribution in [0.4, 0.5) is 17.1 Å². The molecule has 0 atom stereocenters. The minimum Gasteiger partial charge on any atom is -0.309 e. The molecule has 0 fully saturated rings. The minimum absolute atomic E-state index is 0.108. The maximum Gasteiger partial charge on any atom is 0.0645 e. The number of anilines is 3. The number of rotatable bonds is 5. The lowest BCUT2D eigenvalue weighted by Crippen LogP contribution is -2.11. The van der Waals surface area contributed by atoms with Crippen molar-refractivity contribution in [1.82, 2.24) is 0 Å². The number of hydrogen-bond donors (Lipinski definition) is 0. The van der Waals surface area contributed by atoms with Gasteiger partial charge >= 0.3 is 0 Å². The molecule has 0 amide bonds. The predicted octanol–water partition coefficient (Wildman–Crippen LogP) is 13.4. The van der Waals surface area contributed by atoms with Crippen molar-refractivity contribution < 1.29 is 17.8 Å². The van der Waals surface area contributed by atoms with Crippen molar-refractivity contribution in [3.63, 3.8) is 0 Å². The fourth-order valence-electron chi connectivity index (χ4n) is 6.57. The van der Waals surface area contributed by atoms with Crippen LogP contribution in [0, 0.1) is 6.92 Å². The topological polar surface area (TPSA) is 3.24 Å². The lowest BCUT2D eigenvalue weighted by atomic mass is 9.94. The van der Waals surface area contributed by atoms with Crippen molar-refractivity contribution in [2.24, 2.45) is 0 Å². The molecule has 9 aromatic carbocycles. The van der Waals surface area contributed by atoms with E-state index in [1.165, 1.54) is 0 Å². The van der Waals surface area contributed by atoms with Crippen molar-refractivity contribution in [1.29, 1.82) is 0 Å². The number of nitrogens with zero attached hydrogens (tertiary/aromatic N) is 1.